The van der Waals surface area contributed by atoms with E-state index in [1.165, 1.54) is 4.80 Å². The Morgan fingerprint density at radius 3 is 2.74 bits per heavy atom. The van der Waals surface area contributed by atoms with Gasteiger partial charge in [0.1, 0.15) is 0 Å². The van der Waals surface area contributed by atoms with E-state index in [9.17, 15) is 19.5 Å². The topological polar surface area (TPSA) is 122 Å². The van der Waals surface area contributed by atoms with Crippen LogP contribution in [0.2, 0.25) is 0 Å². The highest BCUT2D eigenvalue weighted by molar-refractivity contribution is 5.94. The molecule has 2 amide bonds. The first-order chi connectivity index (χ1) is 16.9. The quantitative estimate of drug-likeness (QED) is 0.673. The number of hydrogen-bond acceptors (Lipinski definition) is 6. The molecular formula is C25H30N6O4. The molecule has 1 saturated heterocycles. The molecule has 1 aromatic carbocycles. The number of aromatic nitrogens is 4. The molecule has 1 aromatic heterocycles. The van der Waals surface area contributed by atoms with Gasteiger partial charge in [-0.05, 0) is 36.8 Å². The van der Waals surface area contributed by atoms with Crippen molar-refractivity contribution in [2.75, 3.05) is 20.1 Å². The highest BCUT2D eigenvalue weighted by Gasteiger charge is 2.61. The maximum atomic E-state index is 13.5. The molecule has 10 heteroatoms. The Kier molecular flexibility index (Phi) is 6.12. The van der Waals surface area contributed by atoms with Gasteiger partial charge in [-0.3, -0.25) is 9.59 Å². The average Bonchev–Trinajstić information content (AvgIpc) is 3.18. The number of nitrogens with zero attached hydrogens (tertiary/aromatic N) is 6. The van der Waals surface area contributed by atoms with E-state index in [0.717, 1.165) is 24.8 Å². The summed E-state index contributed by atoms with van der Waals surface area (Å²) in [7, 11) is 1.75. The number of allylic oxidation sites excluding steroid dienone is 2. The Morgan fingerprint density at radius 2 is 1.97 bits per heavy atom. The Morgan fingerprint density at radius 1 is 1.17 bits per heavy atom. The minimum absolute atomic E-state index is 0.0811. The molecule has 1 aliphatic carbocycles. The van der Waals surface area contributed by atoms with Crippen molar-refractivity contribution in [3.63, 3.8) is 0 Å². The summed E-state index contributed by atoms with van der Waals surface area (Å²) in [6.07, 6.45) is 7.27. The molecule has 5 rings (SSSR count). The van der Waals surface area contributed by atoms with E-state index in [-0.39, 0.29) is 36.7 Å². The molecule has 35 heavy (non-hydrogen) atoms. The average molecular weight is 479 g/mol. The molecule has 4 atom stereocenters. The Balaban J connectivity index is 1.41. The molecule has 0 unspecified atom stereocenters. The van der Waals surface area contributed by atoms with E-state index in [1.54, 1.807) is 16.8 Å². The minimum Gasteiger partial charge on any atom is -0.481 e. The van der Waals surface area contributed by atoms with Gasteiger partial charge in [0.05, 0.1) is 17.5 Å². The number of aliphatic carboxylic acids is 1. The van der Waals surface area contributed by atoms with Crippen LogP contribution >= 0.6 is 0 Å². The van der Waals surface area contributed by atoms with Crippen molar-refractivity contribution in [2.24, 2.45) is 11.3 Å². The number of Topliss-reactive ketones (excluding diaryl/α,β-unsaturated/α-hetero) is 1. The van der Waals surface area contributed by atoms with Crippen molar-refractivity contribution < 1.29 is 19.5 Å². The second kappa shape index (κ2) is 9.24. The minimum atomic E-state index is -1.07. The fourth-order valence-electron chi connectivity index (χ4n) is 5.31. The van der Waals surface area contributed by atoms with Crippen LogP contribution in [0.25, 0.3) is 11.4 Å². The summed E-state index contributed by atoms with van der Waals surface area (Å²) >= 11 is 0. The van der Waals surface area contributed by atoms with E-state index in [1.807, 2.05) is 42.5 Å². The van der Waals surface area contributed by atoms with Crippen LogP contribution in [0.4, 0.5) is 4.79 Å². The maximum absolute atomic E-state index is 13.5. The van der Waals surface area contributed by atoms with Crippen LogP contribution in [-0.2, 0) is 9.59 Å². The normalized spacial score (nSPS) is 30.4. The molecule has 3 aliphatic rings. The number of hydrogen-bond donors (Lipinski definition) is 1. The van der Waals surface area contributed by atoms with Gasteiger partial charge in [-0.15, -0.1) is 10.2 Å². The lowest BCUT2D eigenvalue weighted by atomic mass is 9.92. The molecule has 1 N–H and O–H groups in total. The second-order valence-corrected chi connectivity index (χ2v) is 9.90. The van der Waals surface area contributed by atoms with Gasteiger partial charge in [0.25, 0.3) is 0 Å². The first-order valence-corrected chi connectivity index (χ1v) is 12.2. The fourth-order valence-corrected chi connectivity index (χ4v) is 5.31. The largest absolute Gasteiger partial charge is 0.481 e. The SMILES string of the molecule is CN1CCCC/C=C\[C@@H]2C[C@@]2(C(=O)O)CC(=O)[C@@H]2C[C@@H](n3nnc(-c4ccccc4)n3)CN2C1=O. The fraction of sp³-hybridized carbons (Fsp3) is 0.520. The number of tetrazole rings is 1. The number of amides is 2. The molecule has 0 spiro atoms. The molecule has 1 saturated carbocycles. The van der Waals surface area contributed by atoms with Crippen molar-refractivity contribution in [3.8, 4) is 11.4 Å². The molecule has 0 radical (unpaired) electrons. The third kappa shape index (κ3) is 4.44. The van der Waals surface area contributed by atoms with Gasteiger partial charge in [-0.2, -0.15) is 4.80 Å². The molecule has 0 bridgehead atoms. The number of carbonyl (C=O) groups excluding carboxylic acids is 2. The van der Waals surface area contributed by atoms with Crippen molar-refractivity contribution in [1.29, 1.82) is 0 Å². The molecule has 2 aromatic rings. The summed E-state index contributed by atoms with van der Waals surface area (Å²) in [5.41, 5.74) is -0.235. The highest BCUT2D eigenvalue weighted by atomic mass is 16.4. The standard InChI is InChI=1S/C25H30N6O4/c1-29-12-8-3-2-7-11-18-14-25(18,23(33)34)15-21(32)20-13-19(16-30(20)24(29)35)31-27-22(26-28-31)17-9-5-4-6-10-17/h4-7,9-11,18-20H,2-3,8,12-16H2,1H3,(H,33,34)/b11-7-/t18-,19-,20+,25-/m1/s1. The van der Waals surface area contributed by atoms with Crippen molar-refractivity contribution >= 4 is 17.8 Å². The number of benzene rings is 1. The summed E-state index contributed by atoms with van der Waals surface area (Å²) in [5.74, 6) is -0.817. The summed E-state index contributed by atoms with van der Waals surface area (Å²) in [6, 6.07) is 8.23. The van der Waals surface area contributed by atoms with Crippen molar-refractivity contribution in [3.05, 3.63) is 42.5 Å². The lowest BCUT2D eigenvalue weighted by Gasteiger charge is -2.29. The Hall–Kier alpha value is -3.56. The zero-order valence-corrected chi connectivity index (χ0v) is 19.8. The van der Waals surface area contributed by atoms with Gasteiger partial charge in [0, 0.05) is 38.5 Å². The summed E-state index contributed by atoms with van der Waals surface area (Å²) < 4.78 is 0. The number of rotatable bonds is 3. The predicted molar refractivity (Wildman–Crippen MR) is 126 cm³/mol. The monoisotopic (exact) mass is 478 g/mol. The number of fused-ring (bicyclic) bond motifs is 2. The van der Waals surface area contributed by atoms with Gasteiger partial charge in [-0.25, -0.2) is 4.79 Å². The van der Waals surface area contributed by atoms with Crippen LogP contribution in [0.15, 0.2) is 42.5 Å². The van der Waals surface area contributed by atoms with Gasteiger partial charge >= 0.3 is 12.0 Å². The lowest BCUT2D eigenvalue weighted by Crippen LogP contribution is -2.47. The van der Waals surface area contributed by atoms with E-state index in [0.29, 0.717) is 25.2 Å². The van der Waals surface area contributed by atoms with Crippen LogP contribution in [0.5, 0.6) is 0 Å². The van der Waals surface area contributed by atoms with E-state index >= 15 is 0 Å². The zero-order valence-electron chi connectivity index (χ0n) is 19.8. The molecular weight excluding hydrogens is 448 g/mol. The van der Waals surface area contributed by atoms with Crippen molar-refractivity contribution in [1.82, 2.24) is 30.0 Å². The van der Waals surface area contributed by atoms with Crippen LogP contribution in [0.3, 0.4) is 0 Å². The number of ketones is 1. The van der Waals surface area contributed by atoms with Crippen LogP contribution in [-0.4, -0.2) is 79.1 Å². The smallest absolute Gasteiger partial charge is 0.320 e. The van der Waals surface area contributed by atoms with Crippen LogP contribution in [0.1, 0.15) is 44.6 Å². The maximum Gasteiger partial charge on any atom is 0.320 e. The molecule has 3 heterocycles. The number of urea groups is 1. The second-order valence-electron chi connectivity index (χ2n) is 9.90. The summed E-state index contributed by atoms with van der Waals surface area (Å²) in [6.45, 7) is 0.866. The van der Waals surface area contributed by atoms with Crippen molar-refractivity contribution in [2.45, 2.75) is 50.6 Å². The summed E-state index contributed by atoms with van der Waals surface area (Å²) in [4.78, 5) is 43.7. The van der Waals surface area contributed by atoms with Gasteiger partial charge < -0.3 is 14.9 Å². The van der Waals surface area contributed by atoms with E-state index < -0.39 is 17.4 Å². The van der Waals surface area contributed by atoms with E-state index in [4.69, 9.17) is 0 Å². The van der Waals surface area contributed by atoms with Crippen LogP contribution in [0, 0.1) is 11.3 Å². The Bertz CT molecular complexity index is 1150. The number of carboxylic acids is 1. The van der Waals surface area contributed by atoms with E-state index in [2.05, 4.69) is 15.4 Å². The first kappa shape index (κ1) is 23.2. The first-order valence-electron chi connectivity index (χ1n) is 12.2. The highest BCUT2D eigenvalue weighted by Crippen LogP contribution is 2.57. The molecule has 10 nitrogen and oxygen atoms in total. The zero-order chi connectivity index (χ0) is 24.6. The third-order valence-electron chi connectivity index (χ3n) is 7.54. The van der Waals surface area contributed by atoms with Gasteiger partial charge in [-0.1, -0.05) is 42.5 Å². The molecule has 184 valence electrons. The van der Waals surface area contributed by atoms with Crippen LogP contribution < -0.4 is 0 Å². The Labute approximate surface area is 203 Å². The summed E-state index contributed by atoms with van der Waals surface area (Å²) in [5, 5.41) is 22.8. The van der Waals surface area contributed by atoms with Gasteiger partial charge in [0.15, 0.2) is 5.78 Å². The number of carbonyl (C=O) groups is 3. The lowest BCUT2D eigenvalue weighted by molar-refractivity contribution is -0.146. The predicted octanol–water partition coefficient (Wildman–Crippen LogP) is 2.80. The molecule has 2 aliphatic heterocycles. The molecule has 2 fully saturated rings. The third-order valence-corrected chi connectivity index (χ3v) is 7.54. The number of carboxylic acid groups (broad SMARTS) is 1. The van der Waals surface area contributed by atoms with Gasteiger partial charge in [0.2, 0.25) is 5.82 Å².